The van der Waals surface area contributed by atoms with Gasteiger partial charge in [0.25, 0.3) is 0 Å². The summed E-state index contributed by atoms with van der Waals surface area (Å²) < 4.78 is 5.29. The van der Waals surface area contributed by atoms with Gasteiger partial charge in [-0.3, -0.25) is 4.79 Å². The van der Waals surface area contributed by atoms with Gasteiger partial charge in [-0.15, -0.1) is 0 Å². The molecule has 1 aromatic heterocycles. The molecule has 5 heteroatoms. The lowest BCUT2D eigenvalue weighted by molar-refractivity contribution is -0.124. The van der Waals surface area contributed by atoms with Crippen LogP contribution in [0.4, 0.5) is 11.5 Å². The van der Waals surface area contributed by atoms with Crippen LogP contribution >= 0.6 is 0 Å². The quantitative estimate of drug-likeness (QED) is 0.901. The van der Waals surface area contributed by atoms with Gasteiger partial charge >= 0.3 is 0 Å². The van der Waals surface area contributed by atoms with Crippen molar-refractivity contribution in [3.05, 3.63) is 18.3 Å². The zero-order valence-corrected chi connectivity index (χ0v) is 11.6. The van der Waals surface area contributed by atoms with Gasteiger partial charge in [-0.2, -0.15) is 0 Å². The first-order valence-corrected chi connectivity index (χ1v) is 6.77. The summed E-state index contributed by atoms with van der Waals surface area (Å²) in [4.78, 5) is 18.3. The molecule has 1 N–H and O–H groups in total. The lowest BCUT2D eigenvalue weighted by Crippen LogP contribution is -2.36. The van der Waals surface area contributed by atoms with Crippen LogP contribution in [0.3, 0.4) is 0 Å². The average molecular weight is 263 g/mol. The number of hydrogen-bond donors (Lipinski definition) is 1. The number of hydrogen-bond acceptors (Lipinski definition) is 4. The molecule has 1 amide bonds. The molecule has 0 bridgehead atoms. The molecule has 0 aliphatic carbocycles. The molecule has 2 rings (SSSR count). The van der Waals surface area contributed by atoms with Gasteiger partial charge in [-0.05, 0) is 31.9 Å². The van der Waals surface area contributed by atoms with E-state index in [9.17, 15) is 4.79 Å². The molecule has 0 spiro atoms. The summed E-state index contributed by atoms with van der Waals surface area (Å²) >= 11 is 0. The van der Waals surface area contributed by atoms with Crippen LogP contribution in [0.2, 0.25) is 0 Å². The third-order valence-electron chi connectivity index (χ3n) is 3.39. The summed E-state index contributed by atoms with van der Waals surface area (Å²) in [6.07, 6.45) is 3.35. The van der Waals surface area contributed by atoms with Crippen molar-refractivity contribution >= 4 is 17.4 Å². The average Bonchev–Trinajstić information content (AvgIpc) is 2.48. The molecule has 1 aliphatic rings. The van der Waals surface area contributed by atoms with Gasteiger partial charge < -0.3 is 15.0 Å². The van der Waals surface area contributed by atoms with Crippen molar-refractivity contribution in [2.45, 2.75) is 19.8 Å². The topological polar surface area (TPSA) is 54.5 Å². The number of anilines is 2. The third-order valence-corrected chi connectivity index (χ3v) is 3.39. The molecule has 5 nitrogen and oxygen atoms in total. The van der Waals surface area contributed by atoms with Gasteiger partial charge in [-0.1, -0.05) is 0 Å². The number of pyridine rings is 1. The molecule has 19 heavy (non-hydrogen) atoms. The van der Waals surface area contributed by atoms with Crippen molar-refractivity contribution < 1.29 is 9.53 Å². The number of aromatic nitrogens is 1. The molecule has 0 aromatic carbocycles. The van der Waals surface area contributed by atoms with Crippen molar-refractivity contribution in [1.82, 2.24) is 4.98 Å². The molecule has 0 unspecified atom stereocenters. The van der Waals surface area contributed by atoms with Gasteiger partial charge in [0, 0.05) is 32.7 Å². The third kappa shape index (κ3) is 3.44. The summed E-state index contributed by atoms with van der Waals surface area (Å²) in [6.45, 7) is 4.23. The second kappa shape index (κ2) is 6.52. The fraction of sp³-hybridized carbons (Fsp3) is 0.571. The standard InChI is InChI=1S/C14H21N3O2/c1-3-15-13-5-4-12(10-16-13)17(2)14(18)11-6-8-19-9-7-11/h4-5,10-11H,3,6-9H2,1-2H3,(H,15,16). The van der Waals surface area contributed by atoms with Gasteiger partial charge in [0.1, 0.15) is 5.82 Å². The Morgan fingerprint density at radius 3 is 2.79 bits per heavy atom. The predicted octanol–water partition coefficient (Wildman–Crippen LogP) is 1.90. The van der Waals surface area contributed by atoms with Crippen LogP contribution in [0.25, 0.3) is 0 Å². The van der Waals surface area contributed by atoms with E-state index in [0.29, 0.717) is 13.2 Å². The van der Waals surface area contributed by atoms with Crippen LogP contribution in [0.1, 0.15) is 19.8 Å². The van der Waals surface area contributed by atoms with E-state index < -0.39 is 0 Å². The summed E-state index contributed by atoms with van der Waals surface area (Å²) in [5, 5.41) is 3.14. The Morgan fingerprint density at radius 1 is 1.47 bits per heavy atom. The highest BCUT2D eigenvalue weighted by atomic mass is 16.5. The number of ether oxygens (including phenoxy) is 1. The lowest BCUT2D eigenvalue weighted by Gasteiger charge is -2.26. The normalized spacial score (nSPS) is 16.1. The fourth-order valence-electron chi connectivity index (χ4n) is 2.22. The number of carbonyl (C=O) groups excluding carboxylic acids is 1. The van der Waals surface area contributed by atoms with E-state index in [0.717, 1.165) is 30.9 Å². The lowest BCUT2D eigenvalue weighted by atomic mass is 9.99. The Morgan fingerprint density at radius 2 is 2.21 bits per heavy atom. The maximum absolute atomic E-state index is 12.3. The smallest absolute Gasteiger partial charge is 0.230 e. The highest BCUT2D eigenvalue weighted by Gasteiger charge is 2.25. The van der Waals surface area contributed by atoms with Crippen molar-refractivity contribution in [3.63, 3.8) is 0 Å². The van der Waals surface area contributed by atoms with E-state index in [1.54, 1.807) is 11.1 Å². The zero-order valence-electron chi connectivity index (χ0n) is 11.6. The largest absolute Gasteiger partial charge is 0.381 e. The monoisotopic (exact) mass is 263 g/mol. The second-order valence-electron chi connectivity index (χ2n) is 4.72. The first-order valence-electron chi connectivity index (χ1n) is 6.77. The Balaban J connectivity index is 2.01. The number of rotatable bonds is 4. The van der Waals surface area contributed by atoms with Crippen LogP contribution in [0, 0.1) is 5.92 Å². The van der Waals surface area contributed by atoms with Crippen molar-refractivity contribution in [1.29, 1.82) is 0 Å². The van der Waals surface area contributed by atoms with Crippen molar-refractivity contribution in [3.8, 4) is 0 Å². The maximum Gasteiger partial charge on any atom is 0.230 e. The molecule has 2 heterocycles. The Bertz CT molecular complexity index is 413. The van der Waals surface area contributed by atoms with Crippen LogP contribution < -0.4 is 10.2 Å². The first kappa shape index (κ1) is 13.8. The fourth-order valence-corrected chi connectivity index (χ4v) is 2.22. The summed E-state index contributed by atoms with van der Waals surface area (Å²) in [5.41, 5.74) is 0.832. The van der Waals surface area contributed by atoms with Gasteiger partial charge in [0.05, 0.1) is 11.9 Å². The predicted molar refractivity (Wildman–Crippen MR) is 75.4 cm³/mol. The van der Waals surface area contributed by atoms with E-state index in [-0.39, 0.29) is 11.8 Å². The maximum atomic E-state index is 12.3. The Kier molecular flexibility index (Phi) is 4.74. The number of nitrogens with zero attached hydrogens (tertiary/aromatic N) is 2. The molecule has 1 fully saturated rings. The summed E-state index contributed by atoms with van der Waals surface area (Å²) in [7, 11) is 1.81. The molecule has 104 valence electrons. The molecule has 1 aliphatic heterocycles. The van der Waals surface area contributed by atoms with Crippen LogP contribution in [0.5, 0.6) is 0 Å². The molecular formula is C14H21N3O2. The second-order valence-corrected chi connectivity index (χ2v) is 4.72. The molecule has 0 saturated carbocycles. The van der Waals surface area contributed by atoms with E-state index >= 15 is 0 Å². The van der Waals surface area contributed by atoms with Crippen molar-refractivity contribution in [2.75, 3.05) is 37.0 Å². The van der Waals surface area contributed by atoms with Crippen LogP contribution in [-0.4, -0.2) is 37.7 Å². The number of amides is 1. The van der Waals surface area contributed by atoms with Crippen LogP contribution in [-0.2, 0) is 9.53 Å². The zero-order chi connectivity index (χ0) is 13.7. The summed E-state index contributed by atoms with van der Waals surface area (Å²) in [5.74, 6) is 1.06. The minimum atomic E-state index is 0.0761. The molecular weight excluding hydrogens is 242 g/mol. The molecule has 0 atom stereocenters. The molecule has 0 radical (unpaired) electrons. The van der Waals surface area contributed by atoms with E-state index in [1.807, 2.05) is 26.1 Å². The molecule has 1 aromatic rings. The van der Waals surface area contributed by atoms with Gasteiger partial charge in [0.2, 0.25) is 5.91 Å². The molecule has 1 saturated heterocycles. The van der Waals surface area contributed by atoms with E-state index in [1.165, 1.54) is 0 Å². The Hall–Kier alpha value is -1.62. The van der Waals surface area contributed by atoms with Crippen LogP contribution in [0.15, 0.2) is 18.3 Å². The minimum absolute atomic E-state index is 0.0761. The summed E-state index contributed by atoms with van der Waals surface area (Å²) in [6, 6.07) is 3.81. The number of carbonyl (C=O) groups is 1. The highest BCUT2D eigenvalue weighted by molar-refractivity contribution is 5.94. The SMILES string of the molecule is CCNc1ccc(N(C)C(=O)C2CCOCC2)cn1. The highest BCUT2D eigenvalue weighted by Crippen LogP contribution is 2.21. The number of nitrogens with one attached hydrogen (secondary N) is 1. The van der Waals surface area contributed by atoms with E-state index in [2.05, 4.69) is 10.3 Å². The van der Waals surface area contributed by atoms with Gasteiger partial charge in [0.15, 0.2) is 0 Å². The Labute approximate surface area is 114 Å². The van der Waals surface area contributed by atoms with E-state index in [4.69, 9.17) is 4.74 Å². The minimum Gasteiger partial charge on any atom is -0.381 e. The first-order chi connectivity index (χ1) is 9.22. The van der Waals surface area contributed by atoms with Crippen molar-refractivity contribution in [2.24, 2.45) is 5.92 Å². The van der Waals surface area contributed by atoms with Gasteiger partial charge in [-0.25, -0.2) is 4.98 Å².